The average molecular weight is 395 g/mol. The van der Waals surface area contributed by atoms with Crippen molar-refractivity contribution < 1.29 is 19.1 Å². The maximum absolute atomic E-state index is 12.7. The molecule has 29 heavy (non-hydrogen) atoms. The van der Waals surface area contributed by atoms with Gasteiger partial charge in [0.15, 0.2) is 0 Å². The molecule has 1 aliphatic rings. The Morgan fingerprint density at radius 2 is 1.79 bits per heavy atom. The summed E-state index contributed by atoms with van der Waals surface area (Å²) in [7, 11) is 1.59. The number of hydrogen-bond donors (Lipinski definition) is 2. The number of fused-ring (bicyclic) bond motifs is 1. The standard InChI is InChI=1S/C22H25N3O4/c1-3-14-25-17-10-6-5-9-16(17)19(22(25)28)24-21(27)20(26)23-13-12-15-8-4-7-11-18(15)29-2/h4-11,19H,3,12-14H2,1-2H3,(H,23,26)(H,24,27)/t19-/m0/s1. The van der Waals surface area contributed by atoms with E-state index in [2.05, 4.69) is 10.6 Å². The fourth-order valence-corrected chi connectivity index (χ4v) is 3.48. The molecule has 0 saturated heterocycles. The van der Waals surface area contributed by atoms with Gasteiger partial charge in [-0.1, -0.05) is 43.3 Å². The number of ether oxygens (including phenoxy) is 1. The number of nitrogens with zero attached hydrogens (tertiary/aromatic N) is 1. The number of para-hydroxylation sites is 2. The molecule has 0 aromatic heterocycles. The summed E-state index contributed by atoms with van der Waals surface area (Å²) in [5.41, 5.74) is 2.42. The van der Waals surface area contributed by atoms with E-state index in [0.29, 0.717) is 18.5 Å². The molecule has 7 heteroatoms. The highest BCUT2D eigenvalue weighted by Gasteiger charge is 2.38. The van der Waals surface area contributed by atoms with Crippen molar-refractivity contribution >= 4 is 23.4 Å². The van der Waals surface area contributed by atoms with Gasteiger partial charge >= 0.3 is 11.8 Å². The molecule has 3 rings (SSSR count). The van der Waals surface area contributed by atoms with Gasteiger partial charge in [-0.05, 0) is 30.5 Å². The van der Waals surface area contributed by atoms with Gasteiger partial charge in [0, 0.05) is 24.3 Å². The minimum Gasteiger partial charge on any atom is -0.496 e. The topological polar surface area (TPSA) is 87.7 Å². The van der Waals surface area contributed by atoms with Crippen molar-refractivity contribution in [1.29, 1.82) is 0 Å². The van der Waals surface area contributed by atoms with E-state index in [1.54, 1.807) is 18.1 Å². The molecule has 1 atom stereocenters. The molecule has 0 saturated carbocycles. The number of nitrogens with one attached hydrogen (secondary N) is 2. The van der Waals surface area contributed by atoms with E-state index in [-0.39, 0.29) is 12.5 Å². The lowest BCUT2D eigenvalue weighted by Gasteiger charge is -2.17. The van der Waals surface area contributed by atoms with Crippen molar-refractivity contribution in [2.75, 3.05) is 25.1 Å². The molecule has 2 aromatic rings. The average Bonchev–Trinajstić information content (AvgIpc) is 3.00. The van der Waals surface area contributed by atoms with Crippen molar-refractivity contribution in [2.45, 2.75) is 25.8 Å². The normalized spacial score (nSPS) is 15.0. The maximum atomic E-state index is 12.7. The summed E-state index contributed by atoms with van der Waals surface area (Å²) in [5, 5.41) is 5.18. The van der Waals surface area contributed by atoms with Crippen LogP contribution >= 0.6 is 0 Å². The van der Waals surface area contributed by atoms with E-state index in [4.69, 9.17) is 4.74 Å². The second-order valence-electron chi connectivity index (χ2n) is 6.77. The van der Waals surface area contributed by atoms with E-state index in [1.807, 2.05) is 49.4 Å². The highest BCUT2D eigenvalue weighted by molar-refractivity contribution is 6.35. The monoisotopic (exact) mass is 395 g/mol. The van der Waals surface area contributed by atoms with Crippen LogP contribution in [0.1, 0.15) is 30.5 Å². The molecule has 0 radical (unpaired) electrons. The highest BCUT2D eigenvalue weighted by Crippen LogP contribution is 2.35. The molecule has 0 spiro atoms. The lowest BCUT2D eigenvalue weighted by atomic mass is 10.1. The molecule has 0 fully saturated rings. The number of rotatable bonds is 7. The van der Waals surface area contributed by atoms with Gasteiger partial charge in [-0.2, -0.15) is 0 Å². The Balaban J connectivity index is 1.59. The third kappa shape index (κ3) is 4.39. The molecule has 0 aliphatic carbocycles. The molecule has 2 aromatic carbocycles. The lowest BCUT2D eigenvalue weighted by Crippen LogP contribution is -2.45. The van der Waals surface area contributed by atoms with Gasteiger partial charge in [-0.25, -0.2) is 0 Å². The van der Waals surface area contributed by atoms with Gasteiger partial charge in [-0.15, -0.1) is 0 Å². The molecule has 7 nitrogen and oxygen atoms in total. The summed E-state index contributed by atoms with van der Waals surface area (Å²) in [6.45, 7) is 2.83. The molecular formula is C22H25N3O4. The third-order valence-corrected chi connectivity index (χ3v) is 4.85. The zero-order valence-corrected chi connectivity index (χ0v) is 16.6. The molecule has 152 valence electrons. The van der Waals surface area contributed by atoms with Crippen molar-refractivity contribution in [3.63, 3.8) is 0 Å². The zero-order chi connectivity index (χ0) is 20.8. The molecule has 2 N–H and O–H groups in total. The van der Waals surface area contributed by atoms with Crippen molar-refractivity contribution in [2.24, 2.45) is 0 Å². The van der Waals surface area contributed by atoms with Crippen LogP contribution in [0.25, 0.3) is 0 Å². The fraction of sp³-hybridized carbons (Fsp3) is 0.318. The predicted octanol–water partition coefficient (Wildman–Crippen LogP) is 1.97. The van der Waals surface area contributed by atoms with Gasteiger partial charge < -0.3 is 20.3 Å². The van der Waals surface area contributed by atoms with Crippen LogP contribution in [0.4, 0.5) is 5.69 Å². The summed E-state index contributed by atoms with van der Waals surface area (Å²) >= 11 is 0. The Bertz CT molecular complexity index is 912. The second-order valence-corrected chi connectivity index (χ2v) is 6.77. The minimum absolute atomic E-state index is 0.219. The highest BCUT2D eigenvalue weighted by atomic mass is 16.5. The van der Waals surface area contributed by atoms with Crippen LogP contribution in [0.3, 0.4) is 0 Å². The largest absolute Gasteiger partial charge is 0.496 e. The van der Waals surface area contributed by atoms with Crippen LogP contribution in [0.15, 0.2) is 48.5 Å². The number of benzene rings is 2. The van der Waals surface area contributed by atoms with Crippen LogP contribution in [-0.2, 0) is 20.8 Å². The van der Waals surface area contributed by atoms with E-state index in [9.17, 15) is 14.4 Å². The van der Waals surface area contributed by atoms with Crippen LogP contribution in [0, 0.1) is 0 Å². The zero-order valence-electron chi connectivity index (χ0n) is 16.6. The molecule has 1 heterocycles. The first-order valence-corrected chi connectivity index (χ1v) is 9.67. The van der Waals surface area contributed by atoms with E-state index >= 15 is 0 Å². The Hall–Kier alpha value is -3.35. The smallest absolute Gasteiger partial charge is 0.310 e. The number of methoxy groups -OCH3 is 1. The van der Waals surface area contributed by atoms with E-state index in [1.165, 1.54) is 0 Å². The molecule has 0 unspecified atom stereocenters. The van der Waals surface area contributed by atoms with Gasteiger partial charge in [0.05, 0.1) is 7.11 Å². The Morgan fingerprint density at radius 3 is 2.55 bits per heavy atom. The quantitative estimate of drug-likeness (QED) is 0.702. The number of carbonyl (C=O) groups is 3. The maximum Gasteiger partial charge on any atom is 0.310 e. The second kappa shape index (κ2) is 9.23. The summed E-state index contributed by atoms with van der Waals surface area (Å²) < 4.78 is 5.28. The summed E-state index contributed by atoms with van der Waals surface area (Å²) in [5.74, 6) is -1.07. The SMILES string of the molecule is CCCN1C(=O)[C@@H](NC(=O)C(=O)NCCc2ccccc2OC)c2ccccc21. The van der Waals surface area contributed by atoms with Crippen molar-refractivity contribution in [1.82, 2.24) is 10.6 Å². The number of hydrogen-bond acceptors (Lipinski definition) is 4. The van der Waals surface area contributed by atoms with E-state index < -0.39 is 17.9 Å². The van der Waals surface area contributed by atoms with Gasteiger partial charge in [0.25, 0.3) is 5.91 Å². The third-order valence-electron chi connectivity index (χ3n) is 4.85. The fourth-order valence-electron chi connectivity index (χ4n) is 3.48. The molecular weight excluding hydrogens is 370 g/mol. The van der Waals surface area contributed by atoms with Crippen LogP contribution < -0.4 is 20.3 Å². The van der Waals surface area contributed by atoms with Crippen LogP contribution in [0.2, 0.25) is 0 Å². The van der Waals surface area contributed by atoms with Crippen molar-refractivity contribution in [3.8, 4) is 5.75 Å². The number of carbonyl (C=O) groups excluding carboxylic acids is 3. The minimum atomic E-state index is -0.842. The first-order valence-electron chi connectivity index (χ1n) is 9.67. The number of amides is 3. The Morgan fingerprint density at radius 1 is 1.07 bits per heavy atom. The molecule has 1 aliphatic heterocycles. The first kappa shape index (κ1) is 20.4. The lowest BCUT2D eigenvalue weighted by molar-refractivity contribution is -0.140. The predicted molar refractivity (Wildman–Crippen MR) is 110 cm³/mol. The van der Waals surface area contributed by atoms with Crippen LogP contribution in [-0.4, -0.2) is 37.9 Å². The summed E-state index contributed by atoms with van der Waals surface area (Å²) in [6, 6.07) is 14.0. The van der Waals surface area contributed by atoms with Gasteiger partial charge in [0.2, 0.25) is 0 Å². The van der Waals surface area contributed by atoms with Crippen molar-refractivity contribution in [3.05, 3.63) is 59.7 Å². The first-order chi connectivity index (χ1) is 14.1. The van der Waals surface area contributed by atoms with Gasteiger partial charge in [-0.3, -0.25) is 14.4 Å². The van der Waals surface area contributed by atoms with Crippen LogP contribution in [0.5, 0.6) is 5.75 Å². The Kier molecular flexibility index (Phi) is 6.49. The van der Waals surface area contributed by atoms with Gasteiger partial charge in [0.1, 0.15) is 11.8 Å². The Labute approximate surface area is 170 Å². The van der Waals surface area contributed by atoms with E-state index in [0.717, 1.165) is 23.4 Å². The number of anilines is 1. The summed E-state index contributed by atoms with van der Waals surface area (Å²) in [4.78, 5) is 39.0. The summed E-state index contributed by atoms with van der Waals surface area (Å²) in [6.07, 6.45) is 1.32. The molecule has 3 amide bonds. The molecule has 0 bridgehead atoms.